The minimum absolute atomic E-state index is 0.135. The second-order valence-electron chi connectivity index (χ2n) is 6.18. The van der Waals surface area contributed by atoms with Crippen LogP contribution in [0, 0.1) is 13.8 Å². The quantitative estimate of drug-likeness (QED) is 0.370. The van der Waals surface area contributed by atoms with Crippen LogP contribution in [0.2, 0.25) is 0 Å². The highest BCUT2D eigenvalue weighted by Gasteiger charge is 2.27. The number of rotatable bonds is 7. The molecule has 1 atom stereocenters. The molecule has 1 N–H and O–H groups in total. The Labute approximate surface area is 166 Å². The smallest absolute Gasteiger partial charge is 0.340 e. The fourth-order valence-corrected chi connectivity index (χ4v) is 3.77. The number of Topliss-reactive ketones (excluding diaryl/α,β-unsaturated/α-hetero) is 1. The Morgan fingerprint density at radius 2 is 1.96 bits per heavy atom. The minimum Gasteiger partial charge on any atom is -0.462 e. The molecule has 0 saturated heterocycles. The van der Waals surface area contributed by atoms with Gasteiger partial charge in [-0.3, -0.25) is 4.79 Å². The molecule has 0 aliphatic heterocycles. The summed E-state index contributed by atoms with van der Waals surface area (Å²) in [6, 6.07) is 9.46. The van der Waals surface area contributed by atoms with Gasteiger partial charge in [-0.25, -0.2) is 4.79 Å². The maximum Gasteiger partial charge on any atom is 0.340 e. The fourth-order valence-electron chi connectivity index (χ4n) is 2.90. The third-order valence-electron chi connectivity index (χ3n) is 4.26. The molecule has 9 heteroatoms. The van der Waals surface area contributed by atoms with E-state index < -0.39 is 11.2 Å². The number of tetrazole rings is 1. The van der Waals surface area contributed by atoms with Crippen LogP contribution in [-0.4, -0.2) is 48.8 Å². The monoisotopic (exact) mass is 399 g/mol. The van der Waals surface area contributed by atoms with Crippen molar-refractivity contribution >= 4 is 23.5 Å². The minimum atomic E-state index is -0.458. The molecule has 3 rings (SSSR count). The topological polar surface area (TPSA) is 103 Å². The predicted octanol–water partition coefficient (Wildman–Crippen LogP) is 3.15. The molecule has 0 radical (unpaired) electrons. The lowest BCUT2D eigenvalue weighted by molar-refractivity contribution is 0.0525. The van der Waals surface area contributed by atoms with Gasteiger partial charge in [-0.15, -0.1) is 5.10 Å². The Kier molecular flexibility index (Phi) is 5.93. The van der Waals surface area contributed by atoms with Crippen molar-refractivity contribution in [1.29, 1.82) is 0 Å². The number of aromatic amines is 1. The summed E-state index contributed by atoms with van der Waals surface area (Å²) in [6.45, 7) is 7.31. The van der Waals surface area contributed by atoms with Crippen molar-refractivity contribution in [3.05, 3.63) is 52.8 Å². The number of aryl methyl sites for hydroxylation is 1. The van der Waals surface area contributed by atoms with Crippen LogP contribution in [0.3, 0.4) is 0 Å². The van der Waals surface area contributed by atoms with Crippen LogP contribution in [0.4, 0.5) is 0 Å². The van der Waals surface area contributed by atoms with Gasteiger partial charge in [0.1, 0.15) is 0 Å². The van der Waals surface area contributed by atoms with E-state index in [-0.39, 0.29) is 12.4 Å². The lowest BCUT2D eigenvalue weighted by Crippen LogP contribution is -2.16. The second kappa shape index (κ2) is 8.39. The average molecular weight is 399 g/mol. The molecule has 0 bridgehead atoms. The van der Waals surface area contributed by atoms with Crippen LogP contribution in [0.1, 0.15) is 46.0 Å². The summed E-state index contributed by atoms with van der Waals surface area (Å²) in [6.07, 6.45) is 0. The largest absolute Gasteiger partial charge is 0.462 e. The molecule has 0 amide bonds. The molecule has 28 heavy (non-hydrogen) atoms. The molecule has 8 nitrogen and oxygen atoms in total. The van der Waals surface area contributed by atoms with Crippen LogP contribution in [-0.2, 0) is 4.74 Å². The molecule has 1 unspecified atom stereocenters. The Morgan fingerprint density at radius 3 is 2.64 bits per heavy atom. The Balaban J connectivity index is 1.83. The highest BCUT2D eigenvalue weighted by Crippen LogP contribution is 2.27. The van der Waals surface area contributed by atoms with E-state index in [0.29, 0.717) is 27.7 Å². The lowest BCUT2D eigenvalue weighted by Gasteiger charge is -2.10. The molecule has 0 saturated carbocycles. The summed E-state index contributed by atoms with van der Waals surface area (Å²) in [5.41, 5.74) is 2.84. The fraction of sp³-hybridized carbons (Fsp3) is 0.316. The molecule has 1 aromatic carbocycles. The van der Waals surface area contributed by atoms with E-state index in [1.807, 2.05) is 30.3 Å². The number of ketones is 1. The van der Waals surface area contributed by atoms with E-state index >= 15 is 0 Å². The van der Waals surface area contributed by atoms with Crippen molar-refractivity contribution < 1.29 is 14.3 Å². The molecule has 2 heterocycles. The number of para-hydroxylation sites is 1. The summed E-state index contributed by atoms with van der Waals surface area (Å²) in [5.74, 6) is -0.565. The first-order valence-electron chi connectivity index (χ1n) is 8.85. The molecular weight excluding hydrogens is 378 g/mol. The van der Waals surface area contributed by atoms with Crippen LogP contribution in [0.15, 0.2) is 35.5 Å². The number of ether oxygens (including phenoxy) is 1. The molecule has 0 aliphatic carbocycles. The number of carbonyl (C=O) groups is 2. The van der Waals surface area contributed by atoms with E-state index in [2.05, 4.69) is 20.5 Å². The number of hydrogen-bond donors (Lipinski definition) is 1. The summed E-state index contributed by atoms with van der Waals surface area (Å²) >= 11 is 1.26. The van der Waals surface area contributed by atoms with Gasteiger partial charge in [-0.05, 0) is 55.8 Å². The second-order valence-corrected chi connectivity index (χ2v) is 7.49. The molecule has 3 aromatic rings. The highest BCUT2D eigenvalue weighted by atomic mass is 32.2. The van der Waals surface area contributed by atoms with Gasteiger partial charge in [-0.2, -0.15) is 4.68 Å². The lowest BCUT2D eigenvalue weighted by atomic mass is 10.1. The van der Waals surface area contributed by atoms with Crippen molar-refractivity contribution in [3.8, 4) is 5.69 Å². The average Bonchev–Trinajstić information content (AvgIpc) is 3.26. The van der Waals surface area contributed by atoms with Gasteiger partial charge < -0.3 is 9.72 Å². The molecule has 2 aromatic heterocycles. The zero-order valence-corrected chi connectivity index (χ0v) is 16.9. The zero-order chi connectivity index (χ0) is 20.3. The van der Waals surface area contributed by atoms with Crippen LogP contribution < -0.4 is 0 Å². The summed E-state index contributed by atoms with van der Waals surface area (Å²) in [5, 5.41) is 11.8. The van der Waals surface area contributed by atoms with Crippen molar-refractivity contribution in [3.63, 3.8) is 0 Å². The van der Waals surface area contributed by atoms with Crippen LogP contribution >= 0.6 is 11.8 Å². The number of carbonyl (C=O) groups excluding carboxylic acids is 2. The zero-order valence-electron chi connectivity index (χ0n) is 16.1. The van der Waals surface area contributed by atoms with Gasteiger partial charge in [0.25, 0.3) is 0 Å². The number of hydrogen-bond acceptors (Lipinski definition) is 7. The number of H-pyrrole nitrogens is 1. The Hall–Kier alpha value is -2.94. The van der Waals surface area contributed by atoms with Crippen molar-refractivity contribution in [1.82, 2.24) is 25.2 Å². The molecule has 0 aliphatic rings. The maximum absolute atomic E-state index is 13.0. The third-order valence-corrected chi connectivity index (χ3v) is 5.29. The van der Waals surface area contributed by atoms with Crippen LogP contribution in [0.25, 0.3) is 5.69 Å². The van der Waals surface area contributed by atoms with Gasteiger partial charge in [0.15, 0.2) is 5.78 Å². The summed E-state index contributed by atoms with van der Waals surface area (Å²) in [4.78, 5) is 28.2. The number of thioether (sulfide) groups is 1. The van der Waals surface area contributed by atoms with Gasteiger partial charge >= 0.3 is 5.97 Å². The molecule has 0 fully saturated rings. The third kappa shape index (κ3) is 3.84. The number of aromatic nitrogens is 5. The van der Waals surface area contributed by atoms with Crippen molar-refractivity contribution in [2.24, 2.45) is 0 Å². The number of benzene rings is 1. The van der Waals surface area contributed by atoms with Crippen molar-refractivity contribution in [2.75, 3.05) is 6.61 Å². The van der Waals surface area contributed by atoms with Gasteiger partial charge in [0, 0.05) is 5.69 Å². The summed E-state index contributed by atoms with van der Waals surface area (Å²) in [7, 11) is 0. The van der Waals surface area contributed by atoms with E-state index in [4.69, 9.17) is 4.74 Å². The number of esters is 1. The van der Waals surface area contributed by atoms with Crippen molar-refractivity contribution in [2.45, 2.75) is 38.1 Å². The number of nitrogens with zero attached hydrogens (tertiary/aromatic N) is 4. The Morgan fingerprint density at radius 1 is 1.25 bits per heavy atom. The van der Waals surface area contributed by atoms with Gasteiger partial charge in [0.2, 0.25) is 5.16 Å². The van der Waals surface area contributed by atoms with Crippen LogP contribution in [0.5, 0.6) is 0 Å². The molecular formula is C19H21N5O3S. The summed E-state index contributed by atoms with van der Waals surface area (Å²) < 4.78 is 6.68. The van der Waals surface area contributed by atoms with Gasteiger partial charge in [-0.1, -0.05) is 30.0 Å². The first kappa shape index (κ1) is 19.8. The highest BCUT2D eigenvalue weighted by molar-refractivity contribution is 8.00. The van der Waals surface area contributed by atoms with Gasteiger partial charge in [0.05, 0.1) is 28.8 Å². The number of nitrogens with one attached hydrogen (secondary N) is 1. The van der Waals surface area contributed by atoms with E-state index in [1.54, 1.807) is 32.4 Å². The SMILES string of the molecule is CCOC(=O)c1c(C)[nH]c(C(=O)C(C)Sc2nnnn2-c2ccccc2)c1C. The first-order valence-corrected chi connectivity index (χ1v) is 9.73. The maximum atomic E-state index is 13.0. The molecule has 0 spiro atoms. The Bertz CT molecular complexity index is 996. The normalized spacial score (nSPS) is 12.0. The van der Waals surface area contributed by atoms with E-state index in [1.165, 1.54) is 11.8 Å². The standard InChI is InChI=1S/C19H21N5O3S/c1-5-27-18(26)15-11(2)16(20-12(15)3)17(25)13(4)28-19-21-22-23-24(19)14-9-7-6-8-10-14/h6-10,13,20H,5H2,1-4H3. The predicted molar refractivity (Wildman–Crippen MR) is 105 cm³/mol. The van der Waals surface area contributed by atoms with E-state index in [0.717, 1.165) is 5.69 Å². The first-order chi connectivity index (χ1) is 13.4. The molecule has 146 valence electrons. The van der Waals surface area contributed by atoms with E-state index in [9.17, 15) is 9.59 Å².